The molecule has 0 aliphatic heterocycles. The second-order valence-electron chi connectivity index (χ2n) is 4.95. The molecule has 0 aromatic heterocycles. The quantitative estimate of drug-likeness (QED) is 0.848. The van der Waals surface area contributed by atoms with Crippen LogP contribution >= 0.6 is 8.25 Å². The lowest BCUT2D eigenvalue weighted by Gasteiger charge is -2.12. The Morgan fingerprint density at radius 2 is 1.47 bits per heavy atom. The number of aryl methyl sites for hydroxylation is 2. The summed E-state index contributed by atoms with van der Waals surface area (Å²) in [6, 6.07) is 12.2. The second-order valence-corrected chi connectivity index (χ2v) is 5.71. The molecule has 3 nitrogen and oxygen atoms in total. The smallest absolute Gasteiger partial charge is 0.317 e. The first-order valence-electron chi connectivity index (χ1n) is 6.17. The van der Waals surface area contributed by atoms with E-state index < -0.39 is 14.4 Å². The Labute approximate surface area is 112 Å². The largest absolute Gasteiger partial charge is 0.326 e. The van der Waals surface area contributed by atoms with Crippen LogP contribution in [0.15, 0.2) is 36.4 Å². The first-order valence-corrected chi connectivity index (χ1v) is 7.43. The van der Waals surface area contributed by atoms with Gasteiger partial charge >= 0.3 is 8.25 Å². The molecule has 0 bridgehead atoms. The Kier molecular flexibility index (Phi) is 3.06. The molecule has 1 aliphatic carbocycles. The molecule has 2 aromatic rings. The van der Waals surface area contributed by atoms with E-state index in [4.69, 9.17) is 9.42 Å². The van der Waals surface area contributed by atoms with E-state index in [0.717, 1.165) is 22.3 Å². The molecule has 98 valence electrons. The third kappa shape index (κ3) is 2.14. The summed E-state index contributed by atoms with van der Waals surface area (Å²) in [4.78, 5) is 9.10. The van der Waals surface area contributed by atoms with Crippen molar-refractivity contribution in [2.45, 2.75) is 20.0 Å². The number of hydrogen-bond donors (Lipinski definition) is 1. The van der Waals surface area contributed by atoms with Crippen molar-refractivity contribution in [1.29, 1.82) is 0 Å². The maximum absolute atomic E-state index is 11.1. The number of rotatable bonds is 2. The molecule has 1 aliphatic rings. The fourth-order valence-corrected chi connectivity index (χ4v) is 3.11. The van der Waals surface area contributed by atoms with Gasteiger partial charge in [0.15, 0.2) is 0 Å². The fourth-order valence-electron chi connectivity index (χ4n) is 2.66. The van der Waals surface area contributed by atoms with Crippen LogP contribution in [0.25, 0.3) is 11.1 Å². The molecule has 1 N–H and O–H groups in total. The summed E-state index contributed by atoms with van der Waals surface area (Å²) in [5.74, 6) is 0. The predicted octanol–water partition coefficient (Wildman–Crippen LogP) is 3.77. The molecule has 0 fully saturated rings. The molecule has 0 amide bonds. The average Bonchev–Trinajstić information content (AvgIpc) is 2.62. The monoisotopic (exact) mass is 274 g/mol. The highest BCUT2D eigenvalue weighted by atomic mass is 31.1. The molecule has 0 saturated carbocycles. The van der Waals surface area contributed by atoms with Crippen molar-refractivity contribution in [2.24, 2.45) is 0 Å². The molecule has 1 unspecified atom stereocenters. The molecular weight excluding hydrogens is 259 g/mol. The standard InChI is InChI=1S/C15H15O3P/c1-9-3-5-11-13(7-9)14-8-10(2)4-6-12(14)15(11)18-19(16)17/h3-8,15,19H,1-2H3,(H,16,17). The summed E-state index contributed by atoms with van der Waals surface area (Å²) < 4.78 is 16.3. The van der Waals surface area contributed by atoms with Gasteiger partial charge in [0.1, 0.15) is 6.10 Å². The van der Waals surface area contributed by atoms with Gasteiger partial charge in [-0.3, -0.25) is 9.09 Å². The molecular formula is C15H15O3P. The molecule has 3 rings (SSSR count). The third-order valence-electron chi connectivity index (χ3n) is 3.49. The summed E-state index contributed by atoms with van der Waals surface area (Å²) >= 11 is 0. The van der Waals surface area contributed by atoms with Crippen LogP contribution in [0.3, 0.4) is 0 Å². The fraction of sp³-hybridized carbons (Fsp3) is 0.200. The van der Waals surface area contributed by atoms with Crippen molar-refractivity contribution in [3.8, 4) is 11.1 Å². The van der Waals surface area contributed by atoms with Gasteiger partial charge in [0.25, 0.3) is 0 Å². The summed E-state index contributed by atoms with van der Waals surface area (Å²) in [7, 11) is -2.97. The lowest BCUT2D eigenvalue weighted by atomic mass is 10.0. The van der Waals surface area contributed by atoms with Crippen LogP contribution < -0.4 is 0 Å². The maximum Gasteiger partial charge on any atom is 0.317 e. The summed E-state index contributed by atoms with van der Waals surface area (Å²) in [5.41, 5.74) is 6.49. The normalized spacial score (nSPS) is 15.1. The van der Waals surface area contributed by atoms with Crippen molar-refractivity contribution >= 4 is 8.25 Å². The highest BCUT2D eigenvalue weighted by Gasteiger charge is 2.30. The number of hydrogen-bond acceptors (Lipinski definition) is 2. The Bertz CT molecular complexity index is 628. The molecule has 0 saturated heterocycles. The van der Waals surface area contributed by atoms with Gasteiger partial charge in [-0.15, -0.1) is 0 Å². The van der Waals surface area contributed by atoms with Gasteiger partial charge in [0.05, 0.1) is 0 Å². The topological polar surface area (TPSA) is 46.5 Å². The SMILES string of the molecule is Cc1ccc2c(c1)-c1cc(C)ccc1C2O[PH](=O)O. The minimum Gasteiger partial charge on any atom is -0.326 e. The van der Waals surface area contributed by atoms with Gasteiger partial charge < -0.3 is 4.89 Å². The summed E-state index contributed by atoms with van der Waals surface area (Å²) in [5, 5.41) is 0. The zero-order valence-corrected chi connectivity index (χ0v) is 11.8. The van der Waals surface area contributed by atoms with Crippen molar-refractivity contribution in [1.82, 2.24) is 0 Å². The van der Waals surface area contributed by atoms with Crippen LogP contribution in [0.4, 0.5) is 0 Å². The van der Waals surface area contributed by atoms with E-state index in [1.807, 2.05) is 38.1 Å². The molecule has 0 heterocycles. The van der Waals surface area contributed by atoms with Crippen molar-refractivity contribution in [3.63, 3.8) is 0 Å². The van der Waals surface area contributed by atoms with Crippen LogP contribution in [0.1, 0.15) is 28.4 Å². The average molecular weight is 274 g/mol. The van der Waals surface area contributed by atoms with Gasteiger partial charge in [0.2, 0.25) is 0 Å². The van der Waals surface area contributed by atoms with Gasteiger partial charge in [-0.2, -0.15) is 0 Å². The van der Waals surface area contributed by atoms with Crippen LogP contribution in [-0.2, 0) is 9.09 Å². The van der Waals surface area contributed by atoms with Crippen molar-refractivity contribution in [3.05, 3.63) is 58.7 Å². The highest BCUT2D eigenvalue weighted by Crippen LogP contribution is 2.48. The van der Waals surface area contributed by atoms with Crippen molar-refractivity contribution in [2.75, 3.05) is 0 Å². The zero-order valence-electron chi connectivity index (χ0n) is 10.8. The Morgan fingerprint density at radius 1 is 1.00 bits per heavy atom. The van der Waals surface area contributed by atoms with Gasteiger partial charge in [0, 0.05) is 0 Å². The van der Waals surface area contributed by atoms with E-state index in [2.05, 4.69) is 12.1 Å². The molecule has 0 spiro atoms. The van der Waals surface area contributed by atoms with E-state index in [-0.39, 0.29) is 0 Å². The Hall–Kier alpha value is -1.41. The van der Waals surface area contributed by atoms with E-state index in [1.54, 1.807) is 0 Å². The highest BCUT2D eigenvalue weighted by molar-refractivity contribution is 7.32. The molecule has 1 atom stereocenters. The van der Waals surface area contributed by atoms with Gasteiger partial charge in [-0.1, -0.05) is 47.5 Å². The summed E-state index contributed by atoms with van der Waals surface area (Å²) in [6.07, 6.45) is -0.428. The van der Waals surface area contributed by atoms with E-state index >= 15 is 0 Å². The lowest BCUT2D eigenvalue weighted by Crippen LogP contribution is -1.97. The molecule has 2 aromatic carbocycles. The van der Waals surface area contributed by atoms with Crippen molar-refractivity contribution < 1.29 is 14.0 Å². The minimum atomic E-state index is -2.97. The van der Waals surface area contributed by atoms with Crippen LogP contribution in [-0.4, -0.2) is 4.89 Å². The number of fused-ring (bicyclic) bond motifs is 3. The maximum atomic E-state index is 11.1. The molecule has 19 heavy (non-hydrogen) atoms. The Morgan fingerprint density at radius 3 is 1.89 bits per heavy atom. The zero-order chi connectivity index (χ0) is 13.6. The van der Waals surface area contributed by atoms with Crippen LogP contribution in [0, 0.1) is 13.8 Å². The summed E-state index contributed by atoms with van der Waals surface area (Å²) in [6.45, 7) is 4.08. The van der Waals surface area contributed by atoms with Crippen LogP contribution in [0.2, 0.25) is 0 Å². The lowest BCUT2D eigenvalue weighted by molar-refractivity contribution is 0.230. The third-order valence-corrected chi connectivity index (χ3v) is 3.93. The van der Waals surface area contributed by atoms with Crippen LogP contribution in [0.5, 0.6) is 0 Å². The van der Waals surface area contributed by atoms with E-state index in [9.17, 15) is 4.57 Å². The van der Waals surface area contributed by atoms with Gasteiger partial charge in [-0.25, -0.2) is 0 Å². The first kappa shape index (κ1) is 12.6. The first-order chi connectivity index (χ1) is 9.06. The number of benzene rings is 2. The second kappa shape index (κ2) is 4.61. The molecule has 0 radical (unpaired) electrons. The van der Waals surface area contributed by atoms with Gasteiger partial charge in [-0.05, 0) is 36.1 Å². The van der Waals surface area contributed by atoms with E-state index in [1.165, 1.54) is 11.1 Å². The Balaban J connectivity index is 2.23. The minimum absolute atomic E-state index is 0.428. The predicted molar refractivity (Wildman–Crippen MR) is 75.5 cm³/mol. The van der Waals surface area contributed by atoms with E-state index in [0.29, 0.717) is 0 Å². The molecule has 4 heteroatoms.